The van der Waals surface area contributed by atoms with E-state index in [-0.39, 0.29) is 5.41 Å². The van der Waals surface area contributed by atoms with E-state index in [0.717, 1.165) is 64.7 Å². The highest BCUT2D eigenvalue weighted by Gasteiger charge is 2.40. The first-order valence-corrected chi connectivity index (χ1v) is 7.70. The van der Waals surface area contributed by atoms with Gasteiger partial charge in [-0.05, 0) is 39.2 Å². The molecule has 1 aliphatic heterocycles. The summed E-state index contributed by atoms with van der Waals surface area (Å²) in [5.41, 5.74) is -0.114. The first-order valence-electron chi connectivity index (χ1n) is 7.70. The van der Waals surface area contributed by atoms with Gasteiger partial charge < -0.3 is 10.2 Å². The van der Waals surface area contributed by atoms with Crippen molar-refractivity contribution in [1.29, 1.82) is 0 Å². The quantitative estimate of drug-likeness (QED) is 0.757. The second kappa shape index (κ2) is 7.78. The van der Waals surface area contributed by atoms with Crippen LogP contribution < -0.4 is 5.32 Å². The Bertz CT molecular complexity index is 241. The van der Waals surface area contributed by atoms with Gasteiger partial charge in [-0.25, -0.2) is 0 Å². The standard InChI is InChI=1S/C15H30N2O/c1-4-7-12-17(6-3)14(18)15(9-5-2)10-8-11-16-13-15/h16H,4-13H2,1-3H3. The highest BCUT2D eigenvalue weighted by atomic mass is 16.2. The monoisotopic (exact) mass is 254 g/mol. The van der Waals surface area contributed by atoms with E-state index >= 15 is 0 Å². The van der Waals surface area contributed by atoms with E-state index in [1.54, 1.807) is 0 Å². The molecule has 0 aromatic carbocycles. The number of unbranched alkanes of at least 4 members (excludes halogenated alkanes) is 1. The number of nitrogens with one attached hydrogen (secondary N) is 1. The molecule has 1 fully saturated rings. The Kier molecular flexibility index (Phi) is 6.69. The first kappa shape index (κ1) is 15.5. The van der Waals surface area contributed by atoms with Gasteiger partial charge in [0.05, 0.1) is 5.41 Å². The van der Waals surface area contributed by atoms with E-state index in [9.17, 15) is 4.79 Å². The normalized spacial score (nSPS) is 23.9. The van der Waals surface area contributed by atoms with Gasteiger partial charge >= 0.3 is 0 Å². The summed E-state index contributed by atoms with van der Waals surface area (Å²) in [6.07, 6.45) is 6.60. The Balaban J connectivity index is 2.73. The minimum Gasteiger partial charge on any atom is -0.342 e. The molecule has 1 heterocycles. The van der Waals surface area contributed by atoms with E-state index in [4.69, 9.17) is 0 Å². The lowest BCUT2D eigenvalue weighted by Crippen LogP contribution is -2.52. The van der Waals surface area contributed by atoms with Gasteiger partial charge in [0.15, 0.2) is 0 Å². The fourth-order valence-electron chi connectivity index (χ4n) is 3.04. The topological polar surface area (TPSA) is 32.3 Å². The van der Waals surface area contributed by atoms with Gasteiger partial charge in [-0.2, -0.15) is 0 Å². The van der Waals surface area contributed by atoms with Crippen LogP contribution in [0.4, 0.5) is 0 Å². The lowest BCUT2D eigenvalue weighted by molar-refractivity contribution is -0.143. The molecule has 0 radical (unpaired) electrons. The summed E-state index contributed by atoms with van der Waals surface area (Å²) in [7, 11) is 0. The van der Waals surface area contributed by atoms with E-state index in [1.165, 1.54) is 0 Å². The largest absolute Gasteiger partial charge is 0.342 e. The second-order valence-corrected chi connectivity index (χ2v) is 5.55. The number of rotatable bonds is 7. The van der Waals surface area contributed by atoms with Crippen LogP contribution in [-0.2, 0) is 4.79 Å². The van der Waals surface area contributed by atoms with Gasteiger partial charge in [-0.1, -0.05) is 26.7 Å². The molecule has 1 N–H and O–H groups in total. The predicted octanol–water partition coefficient (Wildman–Crippen LogP) is 2.80. The van der Waals surface area contributed by atoms with Crippen molar-refractivity contribution in [2.24, 2.45) is 5.41 Å². The molecule has 3 nitrogen and oxygen atoms in total. The molecular weight excluding hydrogens is 224 g/mol. The van der Waals surface area contributed by atoms with Crippen molar-refractivity contribution in [3.8, 4) is 0 Å². The summed E-state index contributed by atoms with van der Waals surface area (Å²) in [5, 5.41) is 3.43. The maximum absolute atomic E-state index is 12.8. The predicted molar refractivity (Wildman–Crippen MR) is 76.6 cm³/mol. The summed E-state index contributed by atoms with van der Waals surface area (Å²) in [4.78, 5) is 14.9. The van der Waals surface area contributed by atoms with Crippen LogP contribution in [-0.4, -0.2) is 37.0 Å². The highest BCUT2D eigenvalue weighted by molar-refractivity contribution is 5.83. The van der Waals surface area contributed by atoms with E-state index in [1.807, 2.05) is 0 Å². The summed E-state index contributed by atoms with van der Waals surface area (Å²) in [6.45, 7) is 10.2. The molecule has 1 unspecified atom stereocenters. The third kappa shape index (κ3) is 3.71. The number of carbonyl (C=O) groups is 1. The van der Waals surface area contributed by atoms with Crippen molar-refractivity contribution in [3.63, 3.8) is 0 Å². The Morgan fingerprint density at radius 2 is 2.06 bits per heavy atom. The Morgan fingerprint density at radius 1 is 1.28 bits per heavy atom. The SMILES string of the molecule is CCCCN(CC)C(=O)C1(CCC)CCCNC1. The molecular formula is C15H30N2O. The third-order valence-electron chi connectivity index (χ3n) is 4.11. The van der Waals surface area contributed by atoms with Crippen molar-refractivity contribution in [1.82, 2.24) is 10.2 Å². The molecule has 1 amide bonds. The van der Waals surface area contributed by atoms with Crippen LogP contribution in [0.25, 0.3) is 0 Å². The van der Waals surface area contributed by atoms with Crippen LogP contribution in [0.1, 0.15) is 59.3 Å². The number of carbonyl (C=O) groups excluding carboxylic acids is 1. The van der Waals surface area contributed by atoms with Gasteiger partial charge in [0.1, 0.15) is 0 Å². The molecule has 0 aliphatic carbocycles. The minimum absolute atomic E-state index is 0.114. The van der Waals surface area contributed by atoms with Crippen LogP contribution in [0.15, 0.2) is 0 Å². The van der Waals surface area contributed by atoms with E-state index < -0.39 is 0 Å². The van der Waals surface area contributed by atoms with Crippen LogP contribution >= 0.6 is 0 Å². The molecule has 0 bridgehead atoms. The average Bonchev–Trinajstić information content (AvgIpc) is 2.41. The summed E-state index contributed by atoms with van der Waals surface area (Å²) < 4.78 is 0. The van der Waals surface area contributed by atoms with Crippen LogP contribution in [0.2, 0.25) is 0 Å². The molecule has 1 atom stereocenters. The minimum atomic E-state index is -0.114. The van der Waals surface area contributed by atoms with E-state index in [2.05, 4.69) is 31.0 Å². The molecule has 1 saturated heterocycles. The van der Waals surface area contributed by atoms with Crippen molar-refractivity contribution in [2.75, 3.05) is 26.2 Å². The zero-order valence-electron chi connectivity index (χ0n) is 12.4. The molecule has 0 saturated carbocycles. The molecule has 0 aromatic rings. The number of hydrogen-bond donors (Lipinski definition) is 1. The van der Waals surface area contributed by atoms with Gasteiger partial charge in [0, 0.05) is 19.6 Å². The zero-order chi connectivity index (χ0) is 13.4. The maximum atomic E-state index is 12.8. The zero-order valence-corrected chi connectivity index (χ0v) is 12.4. The van der Waals surface area contributed by atoms with Gasteiger partial charge in [-0.15, -0.1) is 0 Å². The average molecular weight is 254 g/mol. The third-order valence-corrected chi connectivity index (χ3v) is 4.11. The summed E-state index contributed by atoms with van der Waals surface area (Å²) in [5.74, 6) is 0.396. The van der Waals surface area contributed by atoms with Crippen molar-refractivity contribution in [2.45, 2.75) is 59.3 Å². The highest BCUT2D eigenvalue weighted by Crippen LogP contribution is 2.33. The molecule has 3 heteroatoms. The van der Waals surface area contributed by atoms with Crippen molar-refractivity contribution < 1.29 is 4.79 Å². The Labute approximate surface area is 112 Å². The summed E-state index contributed by atoms with van der Waals surface area (Å²) in [6, 6.07) is 0. The Hall–Kier alpha value is -0.570. The fraction of sp³-hybridized carbons (Fsp3) is 0.933. The van der Waals surface area contributed by atoms with Crippen LogP contribution in [0.5, 0.6) is 0 Å². The lowest BCUT2D eigenvalue weighted by atomic mass is 9.75. The molecule has 1 aliphatic rings. The fourth-order valence-corrected chi connectivity index (χ4v) is 3.04. The molecule has 0 aromatic heterocycles. The van der Waals surface area contributed by atoms with Crippen molar-refractivity contribution >= 4 is 5.91 Å². The molecule has 1 rings (SSSR count). The summed E-state index contributed by atoms with van der Waals surface area (Å²) >= 11 is 0. The van der Waals surface area contributed by atoms with Gasteiger partial charge in [0.2, 0.25) is 5.91 Å². The van der Waals surface area contributed by atoms with Gasteiger partial charge in [-0.3, -0.25) is 4.79 Å². The van der Waals surface area contributed by atoms with Crippen LogP contribution in [0, 0.1) is 5.41 Å². The lowest BCUT2D eigenvalue weighted by Gasteiger charge is -2.40. The maximum Gasteiger partial charge on any atom is 0.230 e. The number of hydrogen-bond acceptors (Lipinski definition) is 2. The number of piperidine rings is 1. The van der Waals surface area contributed by atoms with Crippen LogP contribution in [0.3, 0.4) is 0 Å². The molecule has 0 spiro atoms. The number of nitrogens with zero attached hydrogens (tertiary/aromatic N) is 1. The smallest absolute Gasteiger partial charge is 0.230 e. The second-order valence-electron chi connectivity index (χ2n) is 5.55. The first-order chi connectivity index (χ1) is 8.70. The van der Waals surface area contributed by atoms with Crippen molar-refractivity contribution in [3.05, 3.63) is 0 Å². The molecule has 106 valence electrons. The van der Waals surface area contributed by atoms with Gasteiger partial charge in [0.25, 0.3) is 0 Å². The molecule has 18 heavy (non-hydrogen) atoms. The number of amides is 1. The van der Waals surface area contributed by atoms with E-state index in [0.29, 0.717) is 5.91 Å². The Morgan fingerprint density at radius 3 is 2.56 bits per heavy atom.